The van der Waals surface area contributed by atoms with E-state index < -0.39 is 52.4 Å². The van der Waals surface area contributed by atoms with E-state index in [0.29, 0.717) is 30.2 Å². The molecule has 16 heteroatoms. The van der Waals surface area contributed by atoms with Crippen LogP contribution >= 0.6 is 0 Å². The molecule has 13 nitrogen and oxygen atoms in total. The average molecular weight is 866 g/mol. The van der Waals surface area contributed by atoms with Crippen LogP contribution in [0.5, 0.6) is 0 Å². The number of hydrogen-bond acceptors (Lipinski definition) is 8. The molecular weight excluding hydrogens is 817 g/mol. The fourth-order valence-corrected chi connectivity index (χ4v) is 9.92. The van der Waals surface area contributed by atoms with Gasteiger partial charge in [0.25, 0.3) is 30.4 Å². The van der Waals surface area contributed by atoms with Gasteiger partial charge in [0.15, 0.2) is 12.3 Å². The molecule has 314 valence electrons. The molecule has 0 bridgehead atoms. The van der Waals surface area contributed by atoms with E-state index in [2.05, 4.69) is 18.7 Å². The fraction of sp³-hybridized carbons (Fsp3) is 0.349. The lowest BCUT2D eigenvalue weighted by atomic mass is 9.79. The maximum absolute atomic E-state index is 12.0. The number of aliphatic carboxylic acids is 1. The summed E-state index contributed by atoms with van der Waals surface area (Å²) in [5.41, 5.74) is 4.24. The molecule has 1 atom stereocenters. The number of carboxylic acids is 1. The van der Waals surface area contributed by atoms with E-state index in [1.54, 1.807) is 18.2 Å². The highest BCUT2D eigenvalue weighted by Gasteiger charge is 2.46. The van der Waals surface area contributed by atoms with Crippen molar-refractivity contribution in [2.75, 3.05) is 18.0 Å². The number of nitrogens with zero attached hydrogens (tertiary/aromatic N) is 2. The summed E-state index contributed by atoms with van der Waals surface area (Å²) in [5, 5.41) is 11.0. The van der Waals surface area contributed by atoms with Crippen LogP contribution in [-0.2, 0) is 46.0 Å². The molecule has 0 radical (unpaired) electrons. The molecule has 0 amide bonds. The summed E-state index contributed by atoms with van der Waals surface area (Å²) in [4.78, 5) is 12.9. The predicted octanol–water partition coefficient (Wildman–Crippen LogP) is 7.97. The third-order valence-corrected chi connectivity index (χ3v) is 14.5. The first-order chi connectivity index (χ1) is 27.4. The van der Waals surface area contributed by atoms with Crippen molar-refractivity contribution in [3.05, 3.63) is 108 Å². The van der Waals surface area contributed by atoms with Crippen LogP contribution in [0.15, 0.2) is 107 Å². The number of anilines is 1. The Balaban J connectivity index is 1.38. The summed E-state index contributed by atoms with van der Waals surface area (Å²) in [7, 11) is -13.1. The van der Waals surface area contributed by atoms with Gasteiger partial charge in [0, 0.05) is 53.9 Å². The zero-order valence-electron chi connectivity index (χ0n) is 33.5. The minimum atomic E-state index is -4.44. The lowest BCUT2D eigenvalue weighted by Gasteiger charge is -2.27. The van der Waals surface area contributed by atoms with Crippen LogP contribution in [-0.4, -0.2) is 78.6 Å². The van der Waals surface area contributed by atoms with Crippen LogP contribution in [0.25, 0.3) is 21.5 Å². The van der Waals surface area contributed by atoms with Gasteiger partial charge >= 0.3 is 5.97 Å². The van der Waals surface area contributed by atoms with Gasteiger partial charge in [-0.15, -0.1) is 0 Å². The number of allylic oxidation sites excluding steroid dienone is 6. The SMILES string of the molecule is CC(CC[N+]1=C(/C=C/C=C/C=C2/N(CCCCCC(=O)O)c3ccc4cc(S(=O)(=O)O)ccc4c3C2(C)C)C(C)(C)c2c1ccc1cc(S(=O)(=O)O)ccc21)S(=O)(=O)O. The smallest absolute Gasteiger partial charge is 0.303 e. The molecule has 0 saturated carbocycles. The number of carboxylic acid groups (broad SMARTS) is 1. The zero-order valence-corrected chi connectivity index (χ0v) is 35.9. The predicted molar refractivity (Wildman–Crippen MR) is 229 cm³/mol. The largest absolute Gasteiger partial charge is 0.481 e. The molecule has 59 heavy (non-hydrogen) atoms. The first-order valence-electron chi connectivity index (χ1n) is 19.2. The third-order valence-electron chi connectivity index (χ3n) is 11.5. The van der Waals surface area contributed by atoms with Crippen molar-refractivity contribution in [3.63, 3.8) is 0 Å². The molecule has 2 aliphatic heterocycles. The van der Waals surface area contributed by atoms with E-state index in [1.165, 1.54) is 31.2 Å². The molecule has 2 aliphatic rings. The second kappa shape index (κ2) is 16.0. The van der Waals surface area contributed by atoms with Crippen molar-refractivity contribution < 1.29 is 53.4 Å². The standard InChI is InChI=1S/C43H48N2O11S3/c1-28(57(48,49)50)23-25-45-36-22-16-30-27-32(59(54,55)56)18-20-34(30)41(36)43(4,5)38(45)13-9-6-8-12-37-42(2,3)40-33-19-17-31(58(51,52)53)26-29(33)15-21-35(40)44(37)24-11-7-10-14-39(46)47/h6,8-9,12-13,15-22,26-28H,7,10-11,14,23-25H2,1-5H3,(H3-,46,47,48,49,50,51,52,53,54,55,56)/p+1. The van der Waals surface area contributed by atoms with Gasteiger partial charge in [-0.2, -0.15) is 29.8 Å². The topological polar surface area (TPSA) is 207 Å². The molecular formula is C43H49N2O11S3+. The molecule has 6 rings (SSSR count). The summed E-state index contributed by atoms with van der Waals surface area (Å²) in [5.74, 6) is -0.839. The summed E-state index contributed by atoms with van der Waals surface area (Å²) in [6, 6.07) is 16.4. The number of carbonyl (C=O) groups is 1. The molecule has 0 aliphatic carbocycles. The highest BCUT2D eigenvalue weighted by molar-refractivity contribution is 7.86. The van der Waals surface area contributed by atoms with Crippen LogP contribution in [0, 0.1) is 0 Å². The van der Waals surface area contributed by atoms with E-state index in [-0.39, 0.29) is 29.2 Å². The molecule has 2 heterocycles. The lowest BCUT2D eigenvalue weighted by molar-refractivity contribution is -0.438. The van der Waals surface area contributed by atoms with Crippen molar-refractivity contribution in [2.24, 2.45) is 0 Å². The Kier molecular flexibility index (Phi) is 11.9. The molecule has 0 saturated heterocycles. The maximum Gasteiger partial charge on any atom is 0.303 e. The molecule has 0 spiro atoms. The first-order valence-corrected chi connectivity index (χ1v) is 23.6. The zero-order chi connectivity index (χ0) is 43.3. The Morgan fingerprint density at radius 1 is 0.746 bits per heavy atom. The maximum atomic E-state index is 12.0. The number of fused-ring (bicyclic) bond motifs is 6. The van der Waals surface area contributed by atoms with Crippen LogP contribution in [0.2, 0.25) is 0 Å². The second-order valence-electron chi connectivity index (χ2n) is 16.2. The van der Waals surface area contributed by atoms with Crippen molar-refractivity contribution in [2.45, 2.75) is 92.6 Å². The van der Waals surface area contributed by atoms with E-state index in [1.807, 2.05) is 67.0 Å². The molecule has 4 aromatic rings. The van der Waals surface area contributed by atoms with Gasteiger partial charge < -0.3 is 10.0 Å². The Hall–Kier alpha value is -4.71. The highest BCUT2D eigenvalue weighted by Crippen LogP contribution is 2.51. The van der Waals surface area contributed by atoms with Gasteiger partial charge in [0.2, 0.25) is 5.69 Å². The van der Waals surface area contributed by atoms with E-state index in [4.69, 9.17) is 5.11 Å². The van der Waals surface area contributed by atoms with Gasteiger partial charge in [-0.25, -0.2) is 0 Å². The Morgan fingerprint density at radius 3 is 1.92 bits per heavy atom. The normalized spacial score (nSPS) is 17.8. The first kappa shape index (κ1) is 43.9. The van der Waals surface area contributed by atoms with Crippen molar-refractivity contribution in [3.8, 4) is 0 Å². The number of rotatable bonds is 15. The Labute approximate surface area is 345 Å². The van der Waals surface area contributed by atoms with Crippen LogP contribution in [0.1, 0.15) is 77.8 Å². The monoisotopic (exact) mass is 865 g/mol. The number of unbranched alkanes of at least 4 members (excludes halogenated alkanes) is 2. The van der Waals surface area contributed by atoms with E-state index in [9.17, 15) is 43.7 Å². The van der Waals surface area contributed by atoms with Crippen molar-refractivity contribution in [1.82, 2.24) is 0 Å². The minimum absolute atomic E-state index is 0.0870. The Bertz CT molecular complexity index is 2840. The lowest BCUT2D eigenvalue weighted by Crippen LogP contribution is -2.29. The molecule has 0 fully saturated rings. The quantitative estimate of drug-likeness (QED) is 0.0389. The van der Waals surface area contributed by atoms with E-state index in [0.717, 1.165) is 51.1 Å². The summed E-state index contributed by atoms with van der Waals surface area (Å²) in [6.07, 6.45) is 11.9. The van der Waals surface area contributed by atoms with Gasteiger partial charge in [0.1, 0.15) is 0 Å². The highest BCUT2D eigenvalue weighted by atomic mass is 32.2. The summed E-state index contributed by atoms with van der Waals surface area (Å²) < 4.78 is 103. The molecule has 1 unspecified atom stereocenters. The molecule has 0 aromatic heterocycles. The summed E-state index contributed by atoms with van der Waals surface area (Å²) >= 11 is 0. The van der Waals surface area contributed by atoms with Crippen molar-refractivity contribution in [1.29, 1.82) is 0 Å². The average Bonchev–Trinajstić information content (AvgIpc) is 3.49. The minimum Gasteiger partial charge on any atom is -0.481 e. The van der Waals surface area contributed by atoms with Crippen molar-refractivity contribution >= 4 is 75.0 Å². The number of benzene rings is 4. The molecule has 4 aromatic carbocycles. The Morgan fingerprint density at radius 2 is 1.34 bits per heavy atom. The second-order valence-corrected chi connectivity index (χ2v) is 20.9. The van der Waals surface area contributed by atoms with Crippen LogP contribution < -0.4 is 4.90 Å². The summed E-state index contributed by atoms with van der Waals surface area (Å²) in [6.45, 7) is 10.5. The third kappa shape index (κ3) is 8.79. The molecule has 4 N–H and O–H groups in total. The van der Waals surface area contributed by atoms with Crippen LogP contribution in [0.3, 0.4) is 0 Å². The fourth-order valence-electron chi connectivity index (χ4n) is 8.49. The van der Waals surface area contributed by atoms with Gasteiger partial charge in [0.05, 0.1) is 20.5 Å². The van der Waals surface area contributed by atoms with E-state index >= 15 is 0 Å². The van der Waals surface area contributed by atoms with Gasteiger partial charge in [-0.05, 0) is 103 Å². The van der Waals surface area contributed by atoms with Gasteiger partial charge in [-0.1, -0.05) is 56.7 Å². The van der Waals surface area contributed by atoms with Crippen LogP contribution in [0.4, 0.5) is 11.4 Å². The van der Waals surface area contributed by atoms with Gasteiger partial charge in [-0.3, -0.25) is 18.5 Å². The number of hydrogen-bond donors (Lipinski definition) is 4.